The number of rotatable bonds is 5. The van der Waals surface area contributed by atoms with Gasteiger partial charge in [0.25, 0.3) is 0 Å². The number of nitrogens with one attached hydrogen (secondary N) is 2. The first-order valence-corrected chi connectivity index (χ1v) is 8.35. The number of nitrogens with zero attached hydrogens (tertiary/aromatic N) is 2. The van der Waals surface area contributed by atoms with E-state index in [1.807, 2.05) is 32.9 Å². The molecule has 0 bridgehead atoms. The monoisotopic (exact) mass is 320 g/mol. The van der Waals surface area contributed by atoms with Gasteiger partial charge >= 0.3 is 0 Å². The molecule has 1 unspecified atom stereocenters. The Bertz CT molecular complexity index is 644. The van der Waals surface area contributed by atoms with Crippen LogP contribution in [0.15, 0.2) is 21.5 Å². The van der Waals surface area contributed by atoms with Gasteiger partial charge in [0.05, 0.1) is 23.3 Å². The standard InChI is InChI=1S/C16H24N4OS/c1-6-17-16(18-9-15-12(4)19-13(5)22-15)20-11(3)14-8-7-10(2)21-14/h7-8,11H,6,9H2,1-5H3,(H2,17,18,20). The van der Waals surface area contributed by atoms with Crippen LogP contribution in [-0.4, -0.2) is 17.5 Å². The van der Waals surface area contributed by atoms with Crippen molar-refractivity contribution in [2.45, 2.75) is 47.2 Å². The van der Waals surface area contributed by atoms with Crippen LogP contribution in [0.1, 0.15) is 47.0 Å². The van der Waals surface area contributed by atoms with Crippen LogP contribution >= 0.6 is 11.3 Å². The molecular formula is C16H24N4OS. The smallest absolute Gasteiger partial charge is 0.192 e. The second kappa shape index (κ2) is 7.45. The predicted octanol–water partition coefficient (Wildman–Crippen LogP) is 3.48. The number of furan rings is 1. The van der Waals surface area contributed by atoms with Crippen molar-refractivity contribution in [2.75, 3.05) is 6.54 Å². The number of aryl methyl sites for hydroxylation is 3. The fourth-order valence-corrected chi connectivity index (χ4v) is 3.02. The van der Waals surface area contributed by atoms with E-state index < -0.39 is 0 Å². The van der Waals surface area contributed by atoms with Crippen LogP contribution in [0.4, 0.5) is 0 Å². The van der Waals surface area contributed by atoms with Crippen LogP contribution in [-0.2, 0) is 6.54 Å². The highest BCUT2D eigenvalue weighted by atomic mass is 32.1. The molecule has 22 heavy (non-hydrogen) atoms. The third-order valence-electron chi connectivity index (χ3n) is 3.27. The van der Waals surface area contributed by atoms with Crippen molar-refractivity contribution in [2.24, 2.45) is 4.99 Å². The summed E-state index contributed by atoms with van der Waals surface area (Å²) in [4.78, 5) is 10.3. The molecule has 0 aliphatic heterocycles. The fraction of sp³-hybridized carbons (Fsp3) is 0.500. The van der Waals surface area contributed by atoms with Gasteiger partial charge in [-0.15, -0.1) is 11.3 Å². The van der Waals surface area contributed by atoms with E-state index in [1.54, 1.807) is 11.3 Å². The second-order valence-corrected chi connectivity index (χ2v) is 6.54. The average molecular weight is 320 g/mol. The summed E-state index contributed by atoms with van der Waals surface area (Å²) in [6.07, 6.45) is 0. The Morgan fingerprint density at radius 1 is 1.36 bits per heavy atom. The summed E-state index contributed by atoms with van der Waals surface area (Å²) in [7, 11) is 0. The van der Waals surface area contributed by atoms with Gasteiger partial charge in [-0.2, -0.15) is 0 Å². The summed E-state index contributed by atoms with van der Waals surface area (Å²) in [6.45, 7) is 11.6. The Kier molecular flexibility index (Phi) is 5.60. The van der Waals surface area contributed by atoms with Crippen LogP contribution in [0.5, 0.6) is 0 Å². The van der Waals surface area contributed by atoms with Crippen LogP contribution in [0.2, 0.25) is 0 Å². The molecule has 2 aromatic rings. The normalized spacial score (nSPS) is 13.2. The summed E-state index contributed by atoms with van der Waals surface area (Å²) in [5, 5.41) is 7.72. The van der Waals surface area contributed by atoms with Crippen molar-refractivity contribution >= 4 is 17.3 Å². The average Bonchev–Trinajstić information content (AvgIpc) is 3.02. The molecule has 0 amide bonds. The van der Waals surface area contributed by atoms with Gasteiger partial charge in [0.2, 0.25) is 0 Å². The molecule has 120 valence electrons. The maximum Gasteiger partial charge on any atom is 0.192 e. The molecule has 0 saturated carbocycles. The van der Waals surface area contributed by atoms with Crippen molar-refractivity contribution in [3.63, 3.8) is 0 Å². The van der Waals surface area contributed by atoms with E-state index in [0.29, 0.717) is 6.54 Å². The van der Waals surface area contributed by atoms with Gasteiger partial charge in [0, 0.05) is 11.4 Å². The summed E-state index contributed by atoms with van der Waals surface area (Å²) in [5.41, 5.74) is 1.07. The molecule has 6 heteroatoms. The lowest BCUT2D eigenvalue weighted by Crippen LogP contribution is -2.38. The van der Waals surface area contributed by atoms with Gasteiger partial charge in [-0.3, -0.25) is 0 Å². The molecule has 2 aromatic heterocycles. The molecule has 0 aromatic carbocycles. The van der Waals surface area contributed by atoms with Crippen LogP contribution in [0.3, 0.4) is 0 Å². The van der Waals surface area contributed by atoms with Gasteiger partial charge in [-0.1, -0.05) is 0 Å². The van der Waals surface area contributed by atoms with Gasteiger partial charge in [-0.25, -0.2) is 9.98 Å². The predicted molar refractivity (Wildman–Crippen MR) is 91.4 cm³/mol. The van der Waals surface area contributed by atoms with Crippen molar-refractivity contribution in [1.82, 2.24) is 15.6 Å². The quantitative estimate of drug-likeness (QED) is 0.654. The Hall–Kier alpha value is -1.82. The lowest BCUT2D eigenvalue weighted by molar-refractivity contribution is 0.441. The second-order valence-electron chi connectivity index (χ2n) is 5.25. The van der Waals surface area contributed by atoms with Gasteiger partial charge in [0.15, 0.2) is 5.96 Å². The van der Waals surface area contributed by atoms with Crippen molar-refractivity contribution < 1.29 is 4.42 Å². The number of aliphatic imine (C=N–C) groups is 1. The van der Waals surface area contributed by atoms with Gasteiger partial charge in [0.1, 0.15) is 11.5 Å². The molecule has 0 fully saturated rings. The van der Waals surface area contributed by atoms with E-state index in [9.17, 15) is 0 Å². The molecule has 2 N–H and O–H groups in total. The number of thiazole rings is 1. The maximum absolute atomic E-state index is 5.66. The van der Waals surface area contributed by atoms with Crippen molar-refractivity contribution in [3.05, 3.63) is 39.2 Å². The molecule has 0 saturated heterocycles. The summed E-state index contributed by atoms with van der Waals surface area (Å²) in [6, 6.07) is 4.03. The molecule has 2 heterocycles. The van der Waals surface area contributed by atoms with Gasteiger partial charge in [-0.05, 0) is 46.8 Å². The topological polar surface area (TPSA) is 62.5 Å². The third kappa shape index (κ3) is 4.34. The first-order chi connectivity index (χ1) is 10.5. The SMILES string of the molecule is CCNC(=NCc1sc(C)nc1C)NC(C)c1ccc(C)o1. The molecular weight excluding hydrogens is 296 g/mol. The minimum absolute atomic E-state index is 0.0655. The van der Waals surface area contributed by atoms with Crippen molar-refractivity contribution in [3.8, 4) is 0 Å². The van der Waals surface area contributed by atoms with E-state index in [0.717, 1.165) is 34.7 Å². The number of hydrogen-bond acceptors (Lipinski definition) is 4. The maximum atomic E-state index is 5.66. The minimum atomic E-state index is 0.0655. The highest BCUT2D eigenvalue weighted by Crippen LogP contribution is 2.18. The summed E-state index contributed by atoms with van der Waals surface area (Å²) < 4.78 is 5.66. The zero-order valence-electron chi connectivity index (χ0n) is 13.9. The number of guanidine groups is 1. The van der Waals surface area contributed by atoms with E-state index in [-0.39, 0.29) is 6.04 Å². The Labute approximate surface area is 135 Å². The first kappa shape index (κ1) is 16.5. The minimum Gasteiger partial charge on any atom is -0.464 e. The van der Waals surface area contributed by atoms with Crippen molar-refractivity contribution in [1.29, 1.82) is 0 Å². The third-order valence-corrected chi connectivity index (χ3v) is 4.32. The Balaban J connectivity index is 2.05. The van der Waals surface area contributed by atoms with Crippen LogP contribution in [0, 0.1) is 20.8 Å². The number of aromatic nitrogens is 1. The first-order valence-electron chi connectivity index (χ1n) is 7.53. The van der Waals surface area contributed by atoms with E-state index >= 15 is 0 Å². The van der Waals surface area contributed by atoms with E-state index in [4.69, 9.17) is 4.42 Å². The molecule has 1 atom stereocenters. The lowest BCUT2D eigenvalue weighted by atomic mass is 10.2. The molecule has 0 radical (unpaired) electrons. The highest BCUT2D eigenvalue weighted by molar-refractivity contribution is 7.11. The van der Waals surface area contributed by atoms with E-state index in [1.165, 1.54) is 4.88 Å². The van der Waals surface area contributed by atoms with Crippen LogP contribution in [0.25, 0.3) is 0 Å². The van der Waals surface area contributed by atoms with Crippen LogP contribution < -0.4 is 10.6 Å². The Morgan fingerprint density at radius 3 is 2.68 bits per heavy atom. The summed E-state index contributed by atoms with van der Waals surface area (Å²) in [5.74, 6) is 2.61. The lowest BCUT2D eigenvalue weighted by Gasteiger charge is -2.16. The molecule has 0 aliphatic rings. The Morgan fingerprint density at radius 2 is 2.14 bits per heavy atom. The molecule has 0 aliphatic carbocycles. The molecule has 2 rings (SSSR count). The van der Waals surface area contributed by atoms with E-state index in [2.05, 4.69) is 34.5 Å². The summed E-state index contributed by atoms with van der Waals surface area (Å²) >= 11 is 1.70. The molecule has 0 spiro atoms. The zero-order chi connectivity index (χ0) is 16.1. The highest BCUT2D eigenvalue weighted by Gasteiger charge is 2.11. The molecule has 5 nitrogen and oxygen atoms in total. The zero-order valence-corrected chi connectivity index (χ0v) is 14.7. The number of hydrogen-bond donors (Lipinski definition) is 2. The largest absolute Gasteiger partial charge is 0.464 e. The fourth-order valence-electron chi connectivity index (χ4n) is 2.15. The van der Waals surface area contributed by atoms with Gasteiger partial charge < -0.3 is 15.1 Å².